The van der Waals surface area contributed by atoms with Crippen LogP contribution in [-0.2, 0) is 4.74 Å². The van der Waals surface area contributed by atoms with E-state index in [4.69, 9.17) is 4.74 Å². The van der Waals surface area contributed by atoms with Gasteiger partial charge in [-0.1, -0.05) is 18.9 Å². The number of hydrogen-bond donors (Lipinski definition) is 3. The molecule has 5 nitrogen and oxygen atoms in total. The Labute approximate surface area is 139 Å². The van der Waals surface area contributed by atoms with E-state index in [0.29, 0.717) is 31.4 Å². The summed E-state index contributed by atoms with van der Waals surface area (Å²) in [6.45, 7) is 0.640. The first-order chi connectivity index (χ1) is 11.5. The van der Waals surface area contributed by atoms with Crippen molar-refractivity contribution < 1.29 is 23.4 Å². The van der Waals surface area contributed by atoms with Crippen LogP contribution in [0.3, 0.4) is 0 Å². The summed E-state index contributed by atoms with van der Waals surface area (Å²) in [5, 5.41) is 15.7. The van der Waals surface area contributed by atoms with Crippen molar-refractivity contribution >= 4 is 6.03 Å². The van der Waals surface area contributed by atoms with Crippen molar-refractivity contribution in [3.8, 4) is 0 Å². The first kappa shape index (κ1) is 17.1. The summed E-state index contributed by atoms with van der Waals surface area (Å²) in [6.07, 6.45) is 3.39. The zero-order valence-corrected chi connectivity index (χ0v) is 13.4. The molecule has 0 bridgehead atoms. The van der Waals surface area contributed by atoms with E-state index in [0.717, 1.165) is 25.0 Å². The molecular weight excluding hydrogens is 318 g/mol. The largest absolute Gasteiger partial charge is 0.388 e. The number of amides is 2. The van der Waals surface area contributed by atoms with E-state index >= 15 is 0 Å². The minimum atomic E-state index is -0.936. The maximum Gasteiger partial charge on any atom is 0.315 e. The van der Waals surface area contributed by atoms with Gasteiger partial charge in [0.25, 0.3) is 0 Å². The number of rotatable bonds is 4. The predicted octanol–water partition coefficient (Wildman–Crippen LogP) is 2.40. The number of hydrogen-bond acceptors (Lipinski definition) is 3. The summed E-state index contributed by atoms with van der Waals surface area (Å²) >= 11 is 0. The molecule has 0 unspecified atom stereocenters. The molecule has 1 aromatic rings. The zero-order valence-electron chi connectivity index (χ0n) is 13.4. The molecule has 7 heteroatoms. The van der Waals surface area contributed by atoms with Gasteiger partial charge in [0.2, 0.25) is 0 Å². The van der Waals surface area contributed by atoms with Gasteiger partial charge in [0.1, 0.15) is 6.10 Å². The van der Waals surface area contributed by atoms with Crippen molar-refractivity contribution in [1.82, 2.24) is 10.6 Å². The Kier molecular flexibility index (Phi) is 5.01. The molecule has 2 amide bonds. The SMILES string of the molecule is O=C(NCC1(O)CCCC1)N[C@H]1CCO[C@@H]1c1ccc(F)c(F)c1. The molecule has 2 aliphatic rings. The van der Waals surface area contributed by atoms with E-state index < -0.39 is 29.4 Å². The van der Waals surface area contributed by atoms with E-state index in [1.165, 1.54) is 6.07 Å². The van der Waals surface area contributed by atoms with Crippen LogP contribution in [-0.4, -0.2) is 35.9 Å². The number of urea groups is 1. The molecule has 1 aliphatic heterocycles. The van der Waals surface area contributed by atoms with Gasteiger partial charge in [-0.05, 0) is 37.0 Å². The van der Waals surface area contributed by atoms with Gasteiger partial charge in [0, 0.05) is 13.2 Å². The number of nitrogens with one attached hydrogen (secondary N) is 2. The molecule has 3 rings (SSSR count). The summed E-state index contributed by atoms with van der Waals surface area (Å²) in [4.78, 5) is 12.1. The molecule has 0 spiro atoms. The van der Waals surface area contributed by atoms with E-state index in [2.05, 4.69) is 10.6 Å². The molecule has 24 heavy (non-hydrogen) atoms. The van der Waals surface area contributed by atoms with Crippen LogP contribution in [0.1, 0.15) is 43.8 Å². The Morgan fingerprint density at radius 1 is 1.29 bits per heavy atom. The van der Waals surface area contributed by atoms with Crippen molar-refractivity contribution in [3.63, 3.8) is 0 Å². The topological polar surface area (TPSA) is 70.6 Å². The highest BCUT2D eigenvalue weighted by atomic mass is 19.2. The standard InChI is InChI=1S/C17H22F2N2O3/c18-12-4-3-11(9-13(12)19)15-14(5-8-24-15)21-16(22)20-10-17(23)6-1-2-7-17/h3-4,9,14-15,23H,1-2,5-8,10H2,(H2,20,21,22)/t14-,15+/m0/s1. The van der Waals surface area contributed by atoms with E-state index in [-0.39, 0.29) is 12.6 Å². The van der Waals surface area contributed by atoms with Crippen LogP contribution >= 0.6 is 0 Å². The summed E-state index contributed by atoms with van der Waals surface area (Å²) < 4.78 is 32.0. The Balaban J connectivity index is 1.57. The summed E-state index contributed by atoms with van der Waals surface area (Å²) in [5.41, 5.74) is -0.325. The Morgan fingerprint density at radius 3 is 2.75 bits per heavy atom. The smallest absolute Gasteiger partial charge is 0.315 e. The molecule has 2 atom stereocenters. The van der Waals surface area contributed by atoms with E-state index in [1.807, 2.05) is 0 Å². The lowest BCUT2D eigenvalue weighted by atomic mass is 10.0. The average molecular weight is 340 g/mol. The fourth-order valence-electron chi connectivity index (χ4n) is 3.43. The molecule has 1 saturated heterocycles. The highest BCUT2D eigenvalue weighted by Gasteiger charge is 2.34. The van der Waals surface area contributed by atoms with Crippen LogP contribution in [0.2, 0.25) is 0 Å². The number of halogens is 2. The molecule has 3 N–H and O–H groups in total. The number of carbonyl (C=O) groups is 1. The van der Waals surface area contributed by atoms with Gasteiger partial charge in [-0.25, -0.2) is 13.6 Å². The monoisotopic (exact) mass is 340 g/mol. The Hall–Kier alpha value is -1.73. The first-order valence-electron chi connectivity index (χ1n) is 8.30. The maximum absolute atomic E-state index is 13.4. The number of benzene rings is 1. The Bertz CT molecular complexity index is 605. The maximum atomic E-state index is 13.4. The third kappa shape index (κ3) is 3.84. The van der Waals surface area contributed by atoms with E-state index in [9.17, 15) is 18.7 Å². The molecule has 132 valence electrons. The summed E-state index contributed by atoms with van der Waals surface area (Å²) in [6, 6.07) is 2.90. The lowest BCUT2D eigenvalue weighted by molar-refractivity contribution is 0.0497. The van der Waals surface area contributed by atoms with Gasteiger partial charge in [0.05, 0.1) is 11.6 Å². The van der Waals surface area contributed by atoms with Gasteiger partial charge < -0.3 is 20.5 Å². The highest BCUT2D eigenvalue weighted by Crippen LogP contribution is 2.30. The second-order valence-electron chi connectivity index (χ2n) is 6.62. The highest BCUT2D eigenvalue weighted by molar-refractivity contribution is 5.74. The van der Waals surface area contributed by atoms with E-state index in [1.54, 1.807) is 0 Å². The van der Waals surface area contributed by atoms with Gasteiger partial charge >= 0.3 is 6.03 Å². The van der Waals surface area contributed by atoms with Crippen molar-refractivity contribution in [2.75, 3.05) is 13.2 Å². The summed E-state index contributed by atoms with van der Waals surface area (Å²) in [5.74, 6) is -1.85. The molecule has 1 saturated carbocycles. The molecule has 2 fully saturated rings. The molecule has 1 aromatic carbocycles. The first-order valence-corrected chi connectivity index (χ1v) is 8.30. The van der Waals surface area contributed by atoms with Gasteiger partial charge in [0.15, 0.2) is 11.6 Å². The molecule has 0 radical (unpaired) electrons. The average Bonchev–Trinajstić information content (AvgIpc) is 3.18. The fourth-order valence-corrected chi connectivity index (χ4v) is 3.43. The minimum Gasteiger partial charge on any atom is -0.388 e. The normalized spacial score (nSPS) is 25.6. The third-order valence-electron chi connectivity index (χ3n) is 4.79. The zero-order chi connectivity index (χ0) is 17.2. The van der Waals surface area contributed by atoms with Crippen molar-refractivity contribution in [3.05, 3.63) is 35.4 Å². The van der Waals surface area contributed by atoms with Gasteiger partial charge in [-0.3, -0.25) is 0 Å². The van der Waals surface area contributed by atoms with Crippen LogP contribution in [0.4, 0.5) is 13.6 Å². The van der Waals surface area contributed by atoms with Crippen LogP contribution < -0.4 is 10.6 Å². The minimum absolute atomic E-state index is 0.211. The third-order valence-corrected chi connectivity index (χ3v) is 4.79. The van der Waals surface area contributed by atoms with Crippen molar-refractivity contribution in [2.45, 2.75) is 49.9 Å². The molecule has 1 aliphatic carbocycles. The predicted molar refractivity (Wildman–Crippen MR) is 83.4 cm³/mol. The lowest BCUT2D eigenvalue weighted by Crippen LogP contribution is -2.48. The number of ether oxygens (including phenoxy) is 1. The van der Waals surface area contributed by atoms with Crippen LogP contribution in [0.15, 0.2) is 18.2 Å². The quantitative estimate of drug-likeness (QED) is 0.788. The molecular formula is C17H22F2N2O3. The second-order valence-corrected chi connectivity index (χ2v) is 6.62. The fraction of sp³-hybridized carbons (Fsp3) is 0.588. The molecule has 0 aromatic heterocycles. The molecule has 1 heterocycles. The van der Waals surface area contributed by atoms with Crippen molar-refractivity contribution in [1.29, 1.82) is 0 Å². The van der Waals surface area contributed by atoms with Gasteiger partial charge in [-0.2, -0.15) is 0 Å². The Morgan fingerprint density at radius 2 is 2.04 bits per heavy atom. The van der Waals surface area contributed by atoms with Crippen LogP contribution in [0, 0.1) is 11.6 Å². The number of aliphatic hydroxyl groups is 1. The summed E-state index contributed by atoms with van der Waals surface area (Å²) in [7, 11) is 0. The number of carbonyl (C=O) groups excluding carboxylic acids is 1. The van der Waals surface area contributed by atoms with Crippen molar-refractivity contribution in [2.24, 2.45) is 0 Å². The second kappa shape index (κ2) is 7.03. The van der Waals surface area contributed by atoms with Crippen LogP contribution in [0.25, 0.3) is 0 Å². The van der Waals surface area contributed by atoms with Gasteiger partial charge in [-0.15, -0.1) is 0 Å². The lowest BCUT2D eigenvalue weighted by Gasteiger charge is -2.24. The van der Waals surface area contributed by atoms with Crippen LogP contribution in [0.5, 0.6) is 0 Å².